The summed E-state index contributed by atoms with van der Waals surface area (Å²) >= 11 is 0. The molecule has 0 radical (unpaired) electrons. The van der Waals surface area contributed by atoms with E-state index in [1.54, 1.807) is 31.3 Å². The predicted octanol–water partition coefficient (Wildman–Crippen LogP) is 1.70. The monoisotopic (exact) mass is 479 g/mol. The van der Waals surface area contributed by atoms with Gasteiger partial charge in [-0.2, -0.15) is 17.5 Å². The Bertz CT molecular complexity index is 987. The molecule has 9 nitrogen and oxygen atoms in total. The molecule has 0 bridgehead atoms. The number of halogens is 3. The van der Waals surface area contributed by atoms with Crippen LogP contribution in [0.15, 0.2) is 17.0 Å². The number of nitrogens with zero attached hydrogens (tertiary/aromatic N) is 1. The van der Waals surface area contributed by atoms with Crippen LogP contribution in [0, 0.1) is 20.8 Å². The van der Waals surface area contributed by atoms with Crippen molar-refractivity contribution in [2.24, 2.45) is 0 Å². The molecule has 2 N–H and O–H groups in total. The van der Waals surface area contributed by atoms with E-state index in [-0.39, 0.29) is 17.9 Å². The zero-order chi connectivity index (χ0) is 24.3. The average Bonchev–Trinajstić information content (AvgIpc) is 3.13. The lowest BCUT2D eigenvalue weighted by Crippen LogP contribution is -2.46. The summed E-state index contributed by atoms with van der Waals surface area (Å²) < 4.78 is 68.5. The number of rotatable bonds is 6. The number of carbonyl (C=O) groups is 3. The van der Waals surface area contributed by atoms with E-state index < -0.39 is 53.3 Å². The van der Waals surface area contributed by atoms with Crippen molar-refractivity contribution in [1.29, 1.82) is 0 Å². The smallest absolute Gasteiger partial charge is 0.405 e. The summed E-state index contributed by atoms with van der Waals surface area (Å²) in [6, 6.07) is 0.875. The molecule has 0 aromatic heterocycles. The first kappa shape index (κ1) is 25.6. The van der Waals surface area contributed by atoms with Crippen LogP contribution in [0.4, 0.5) is 18.0 Å². The Balaban J connectivity index is 2.02. The number of hydrogen-bond acceptors (Lipinski definition) is 6. The zero-order valence-corrected chi connectivity index (χ0v) is 18.5. The number of imide groups is 1. The summed E-state index contributed by atoms with van der Waals surface area (Å²) in [5, 5.41) is 3.02. The molecular formula is C19H24F3N3O6S. The molecule has 1 aliphatic rings. The Morgan fingerprint density at radius 3 is 2.31 bits per heavy atom. The molecule has 1 atom stereocenters. The molecule has 1 aromatic rings. The molecule has 0 saturated carbocycles. The van der Waals surface area contributed by atoms with Gasteiger partial charge in [0.05, 0.1) is 4.90 Å². The topological polar surface area (TPSA) is 122 Å². The Morgan fingerprint density at radius 1 is 1.16 bits per heavy atom. The minimum absolute atomic E-state index is 0.0842. The van der Waals surface area contributed by atoms with Crippen molar-refractivity contribution < 1.29 is 40.7 Å². The number of esters is 1. The molecule has 1 unspecified atom stereocenters. The molecule has 1 aliphatic heterocycles. The van der Waals surface area contributed by atoms with Gasteiger partial charge in [-0.1, -0.05) is 17.7 Å². The van der Waals surface area contributed by atoms with E-state index in [4.69, 9.17) is 4.74 Å². The third-order valence-corrected chi connectivity index (χ3v) is 6.91. The SMILES string of the molecule is Cc1cc(C)c(S(=O)(=O)N2CCCC2C(=O)OCC(=O)NC(=O)NCC(F)(F)F)c(C)c1. The number of carbonyl (C=O) groups excluding carboxylic acids is 3. The number of benzene rings is 1. The van der Waals surface area contributed by atoms with Gasteiger partial charge in [0, 0.05) is 6.54 Å². The van der Waals surface area contributed by atoms with Crippen molar-refractivity contribution in [2.75, 3.05) is 19.7 Å². The number of amides is 3. The van der Waals surface area contributed by atoms with Gasteiger partial charge in [-0.15, -0.1) is 0 Å². The van der Waals surface area contributed by atoms with E-state index in [9.17, 15) is 36.0 Å². The van der Waals surface area contributed by atoms with Crippen LogP contribution in [0.25, 0.3) is 0 Å². The van der Waals surface area contributed by atoms with Gasteiger partial charge in [-0.25, -0.2) is 13.2 Å². The Morgan fingerprint density at radius 2 is 1.75 bits per heavy atom. The number of hydrogen-bond donors (Lipinski definition) is 2. The number of nitrogens with one attached hydrogen (secondary N) is 2. The quantitative estimate of drug-likeness (QED) is 0.599. The summed E-state index contributed by atoms with van der Waals surface area (Å²) in [5.41, 5.74) is 1.96. The van der Waals surface area contributed by atoms with Crippen LogP contribution >= 0.6 is 0 Å². The van der Waals surface area contributed by atoms with E-state index >= 15 is 0 Å². The van der Waals surface area contributed by atoms with Crippen LogP contribution < -0.4 is 10.6 Å². The Hall–Kier alpha value is -2.67. The van der Waals surface area contributed by atoms with Crippen molar-refractivity contribution in [2.45, 2.75) is 50.7 Å². The highest BCUT2D eigenvalue weighted by atomic mass is 32.2. The van der Waals surface area contributed by atoms with Gasteiger partial charge in [-0.3, -0.25) is 14.9 Å². The molecular weight excluding hydrogens is 455 g/mol. The number of urea groups is 1. The Kier molecular flexibility index (Phi) is 7.88. The summed E-state index contributed by atoms with van der Waals surface area (Å²) in [4.78, 5) is 35.5. The number of aryl methyl sites for hydroxylation is 3. The van der Waals surface area contributed by atoms with Crippen molar-refractivity contribution in [3.05, 3.63) is 28.8 Å². The first-order valence-corrected chi connectivity index (χ1v) is 11.1. The highest BCUT2D eigenvalue weighted by molar-refractivity contribution is 7.89. The summed E-state index contributed by atoms with van der Waals surface area (Å²) in [7, 11) is -4.03. The second kappa shape index (κ2) is 9.86. The molecule has 32 heavy (non-hydrogen) atoms. The van der Waals surface area contributed by atoms with Crippen molar-refractivity contribution in [3.8, 4) is 0 Å². The van der Waals surface area contributed by atoms with Crippen LogP contribution in [-0.4, -0.2) is 62.5 Å². The molecule has 13 heteroatoms. The van der Waals surface area contributed by atoms with E-state index in [1.165, 1.54) is 5.32 Å². The fourth-order valence-electron chi connectivity index (χ4n) is 3.57. The number of sulfonamides is 1. The third-order valence-electron chi connectivity index (χ3n) is 4.69. The van der Waals surface area contributed by atoms with Gasteiger partial charge in [0.1, 0.15) is 12.6 Å². The van der Waals surface area contributed by atoms with Gasteiger partial charge in [0.25, 0.3) is 5.91 Å². The molecule has 0 spiro atoms. The largest absolute Gasteiger partial charge is 0.454 e. The molecule has 0 aliphatic carbocycles. The molecule has 2 rings (SSSR count). The van der Waals surface area contributed by atoms with Crippen LogP contribution in [0.1, 0.15) is 29.5 Å². The lowest BCUT2D eigenvalue weighted by Gasteiger charge is -2.24. The van der Waals surface area contributed by atoms with Gasteiger partial charge >= 0.3 is 18.2 Å². The number of alkyl halides is 3. The maximum Gasteiger partial charge on any atom is 0.405 e. The van der Waals surface area contributed by atoms with Crippen LogP contribution in [0.3, 0.4) is 0 Å². The van der Waals surface area contributed by atoms with Gasteiger partial charge in [0.15, 0.2) is 6.61 Å². The highest BCUT2D eigenvalue weighted by Crippen LogP contribution is 2.31. The fraction of sp³-hybridized carbons (Fsp3) is 0.526. The van der Waals surface area contributed by atoms with Crippen molar-refractivity contribution in [3.63, 3.8) is 0 Å². The van der Waals surface area contributed by atoms with Crippen molar-refractivity contribution >= 4 is 27.9 Å². The van der Waals surface area contributed by atoms with Gasteiger partial charge < -0.3 is 10.1 Å². The van der Waals surface area contributed by atoms with E-state index in [0.29, 0.717) is 17.5 Å². The maximum atomic E-state index is 13.2. The van der Waals surface area contributed by atoms with Gasteiger partial charge in [0.2, 0.25) is 10.0 Å². The first-order chi connectivity index (χ1) is 14.7. The maximum absolute atomic E-state index is 13.2. The summed E-state index contributed by atoms with van der Waals surface area (Å²) in [6.07, 6.45) is -4.08. The van der Waals surface area contributed by atoms with Gasteiger partial charge in [-0.05, 0) is 44.7 Å². The lowest BCUT2D eigenvalue weighted by atomic mass is 10.1. The summed E-state index contributed by atoms with van der Waals surface area (Å²) in [6.45, 7) is 2.64. The summed E-state index contributed by atoms with van der Waals surface area (Å²) in [5.74, 6) is -2.14. The lowest BCUT2D eigenvalue weighted by molar-refractivity contribution is -0.151. The second-order valence-corrected chi connectivity index (χ2v) is 9.28. The first-order valence-electron chi connectivity index (χ1n) is 9.63. The van der Waals surface area contributed by atoms with E-state index in [1.807, 2.05) is 6.92 Å². The normalized spacial score (nSPS) is 17.1. The molecule has 1 heterocycles. The molecule has 3 amide bonds. The van der Waals surface area contributed by atoms with E-state index in [2.05, 4.69) is 0 Å². The standard InChI is InChI=1S/C19H24F3N3O6S/c1-11-7-12(2)16(13(3)8-11)32(29,30)25-6-4-5-14(25)17(27)31-9-15(26)24-18(28)23-10-19(20,21)22/h7-8,14H,4-6,9-10H2,1-3H3,(H2,23,24,26,28). The van der Waals surface area contributed by atoms with E-state index in [0.717, 1.165) is 9.87 Å². The molecule has 1 aromatic carbocycles. The molecule has 1 fully saturated rings. The second-order valence-electron chi connectivity index (χ2n) is 7.46. The molecule has 1 saturated heterocycles. The van der Waals surface area contributed by atoms with Crippen LogP contribution in [-0.2, 0) is 24.3 Å². The zero-order valence-electron chi connectivity index (χ0n) is 17.7. The number of ether oxygens (including phenoxy) is 1. The van der Waals surface area contributed by atoms with Crippen LogP contribution in [0.2, 0.25) is 0 Å². The predicted molar refractivity (Wildman–Crippen MR) is 106 cm³/mol. The highest BCUT2D eigenvalue weighted by Gasteiger charge is 2.41. The minimum atomic E-state index is -4.65. The van der Waals surface area contributed by atoms with Crippen molar-refractivity contribution in [1.82, 2.24) is 14.9 Å². The average molecular weight is 479 g/mol. The third kappa shape index (κ3) is 6.42. The van der Waals surface area contributed by atoms with Crippen LogP contribution in [0.5, 0.6) is 0 Å². The minimum Gasteiger partial charge on any atom is -0.454 e. The fourth-order valence-corrected chi connectivity index (χ4v) is 5.64. The molecule has 178 valence electrons. The Labute approximate surface area is 183 Å².